The van der Waals surface area contributed by atoms with E-state index in [2.05, 4.69) is 15.9 Å². The van der Waals surface area contributed by atoms with Gasteiger partial charge in [0.15, 0.2) is 5.78 Å². The molecule has 0 aliphatic rings. The number of halogens is 2. The molecule has 2 aromatic carbocycles. The summed E-state index contributed by atoms with van der Waals surface area (Å²) in [5.41, 5.74) is 2.67. The van der Waals surface area contributed by atoms with E-state index in [0.717, 1.165) is 21.2 Å². The van der Waals surface area contributed by atoms with E-state index in [0.29, 0.717) is 11.4 Å². The lowest BCUT2D eigenvalue weighted by Crippen LogP contribution is -2.04. The van der Waals surface area contributed by atoms with Crippen molar-refractivity contribution in [3.63, 3.8) is 0 Å². The van der Waals surface area contributed by atoms with Crippen LogP contribution in [0.25, 0.3) is 0 Å². The minimum atomic E-state index is 0.0860. The maximum atomic E-state index is 12.1. The lowest BCUT2D eigenvalue weighted by Gasteiger charge is -2.05. The first-order valence-electron chi connectivity index (χ1n) is 5.60. The van der Waals surface area contributed by atoms with E-state index >= 15 is 0 Å². The lowest BCUT2D eigenvalue weighted by molar-refractivity contribution is 0.0993. The molecule has 0 unspecified atom stereocenters. The highest BCUT2D eigenvalue weighted by Crippen LogP contribution is 2.22. The number of hydrogen-bond donors (Lipinski definition) is 0. The normalized spacial score (nSPS) is 10.4. The molecule has 0 atom stereocenters. The van der Waals surface area contributed by atoms with Crippen LogP contribution < -0.4 is 0 Å². The van der Waals surface area contributed by atoms with E-state index < -0.39 is 0 Å². The van der Waals surface area contributed by atoms with Crippen molar-refractivity contribution in [2.45, 2.75) is 13.3 Å². The van der Waals surface area contributed by atoms with Crippen LogP contribution in [0.15, 0.2) is 46.9 Å². The van der Waals surface area contributed by atoms with Crippen LogP contribution in [0.1, 0.15) is 21.5 Å². The number of carbonyl (C=O) groups excluding carboxylic acids is 1. The largest absolute Gasteiger partial charge is 0.294 e. The third-order valence-electron chi connectivity index (χ3n) is 2.71. The highest BCUT2D eigenvalue weighted by atomic mass is 79.9. The number of hydrogen-bond acceptors (Lipinski definition) is 1. The van der Waals surface area contributed by atoms with Crippen molar-refractivity contribution in [3.8, 4) is 0 Å². The van der Waals surface area contributed by atoms with Gasteiger partial charge in [0, 0.05) is 21.5 Å². The van der Waals surface area contributed by atoms with E-state index in [9.17, 15) is 4.79 Å². The van der Waals surface area contributed by atoms with Crippen molar-refractivity contribution in [2.75, 3.05) is 0 Å². The Kier molecular flexibility index (Phi) is 4.20. The Morgan fingerprint density at radius 3 is 2.67 bits per heavy atom. The standard InChI is InChI=1S/C15H12BrClO/c1-10-3-2-4-12(7-10)15(18)8-11-5-6-13(16)9-14(11)17/h2-7,9H,8H2,1H3. The fourth-order valence-corrected chi connectivity index (χ4v) is 2.50. The van der Waals surface area contributed by atoms with Crippen molar-refractivity contribution in [3.05, 3.63) is 68.7 Å². The smallest absolute Gasteiger partial charge is 0.167 e. The number of benzene rings is 2. The van der Waals surface area contributed by atoms with E-state index in [4.69, 9.17) is 11.6 Å². The lowest BCUT2D eigenvalue weighted by atomic mass is 10.0. The van der Waals surface area contributed by atoms with Gasteiger partial charge in [0.25, 0.3) is 0 Å². The minimum absolute atomic E-state index is 0.0860. The second-order valence-electron chi connectivity index (χ2n) is 4.21. The topological polar surface area (TPSA) is 17.1 Å². The van der Waals surface area contributed by atoms with E-state index in [1.807, 2.05) is 43.3 Å². The highest BCUT2D eigenvalue weighted by Gasteiger charge is 2.10. The van der Waals surface area contributed by atoms with Gasteiger partial charge in [-0.15, -0.1) is 0 Å². The second-order valence-corrected chi connectivity index (χ2v) is 5.53. The molecular weight excluding hydrogens is 312 g/mol. The minimum Gasteiger partial charge on any atom is -0.294 e. The van der Waals surface area contributed by atoms with Gasteiger partial charge in [-0.05, 0) is 30.7 Å². The first-order valence-corrected chi connectivity index (χ1v) is 6.77. The summed E-state index contributed by atoms with van der Waals surface area (Å²) < 4.78 is 0.916. The molecule has 3 heteroatoms. The van der Waals surface area contributed by atoms with Gasteiger partial charge >= 0.3 is 0 Å². The Labute approximate surface area is 120 Å². The van der Waals surface area contributed by atoms with Crippen LogP contribution in [0.3, 0.4) is 0 Å². The first-order chi connectivity index (χ1) is 8.56. The molecule has 0 saturated carbocycles. The zero-order chi connectivity index (χ0) is 13.1. The summed E-state index contributed by atoms with van der Waals surface area (Å²) in [6, 6.07) is 13.2. The quantitative estimate of drug-likeness (QED) is 0.739. The molecule has 18 heavy (non-hydrogen) atoms. The molecular formula is C15H12BrClO. The van der Waals surface area contributed by atoms with Gasteiger partial charge < -0.3 is 0 Å². The van der Waals surface area contributed by atoms with Gasteiger partial charge in [-0.3, -0.25) is 4.79 Å². The van der Waals surface area contributed by atoms with E-state index in [1.54, 1.807) is 6.07 Å². The van der Waals surface area contributed by atoms with Gasteiger partial charge in [-0.2, -0.15) is 0 Å². The van der Waals surface area contributed by atoms with Gasteiger partial charge in [-0.1, -0.05) is 57.4 Å². The summed E-state index contributed by atoms with van der Waals surface area (Å²) in [6.07, 6.45) is 0.329. The summed E-state index contributed by atoms with van der Waals surface area (Å²) in [5, 5.41) is 0.616. The average Bonchev–Trinajstić information content (AvgIpc) is 2.32. The van der Waals surface area contributed by atoms with Crippen LogP contribution >= 0.6 is 27.5 Å². The first kappa shape index (κ1) is 13.3. The van der Waals surface area contributed by atoms with Crippen molar-refractivity contribution in [1.29, 1.82) is 0 Å². The Morgan fingerprint density at radius 1 is 1.22 bits per heavy atom. The molecule has 0 fully saturated rings. The van der Waals surface area contributed by atoms with E-state index in [1.165, 1.54) is 0 Å². The number of carbonyl (C=O) groups is 1. The second kappa shape index (κ2) is 5.68. The summed E-state index contributed by atoms with van der Waals surface area (Å²) in [5.74, 6) is 0.0860. The van der Waals surface area contributed by atoms with Crippen LogP contribution in [0.5, 0.6) is 0 Å². The molecule has 2 rings (SSSR count). The summed E-state index contributed by atoms with van der Waals surface area (Å²) in [7, 11) is 0. The molecule has 0 N–H and O–H groups in total. The molecule has 0 bridgehead atoms. The monoisotopic (exact) mass is 322 g/mol. The Balaban J connectivity index is 2.21. The van der Waals surface area contributed by atoms with Crippen LogP contribution in [-0.2, 0) is 6.42 Å². The Morgan fingerprint density at radius 2 is 2.00 bits per heavy atom. The van der Waals surface area contributed by atoms with Crippen LogP contribution in [0, 0.1) is 6.92 Å². The maximum Gasteiger partial charge on any atom is 0.167 e. The number of aryl methyl sites for hydroxylation is 1. The third-order valence-corrected chi connectivity index (χ3v) is 3.55. The average molecular weight is 324 g/mol. The number of rotatable bonds is 3. The van der Waals surface area contributed by atoms with Gasteiger partial charge in [0.1, 0.15) is 0 Å². The van der Waals surface area contributed by atoms with Crippen molar-refractivity contribution < 1.29 is 4.79 Å². The molecule has 92 valence electrons. The summed E-state index contributed by atoms with van der Waals surface area (Å²) in [4.78, 5) is 12.1. The number of Topliss-reactive ketones (excluding diaryl/α,β-unsaturated/α-hetero) is 1. The van der Waals surface area contributed by atoms with Gasteiger partial charge in [-0.25, -0.2) is 0 Å². The fourth-order valence-electron chi connectivity index (χ4n) is 1.76. The molecule has 0 aliphatic heterocycles. The Hall–Kier alpha value is -1.12. The SMILES string of the molecule is Cc1cccc(C(=O)Cc2ccc(Br)cc2Cl)c1. The predicted octanol–water partition coefficient (Wildman–Crippen LogP) is 4.84. The van der Waals surface area contributed by atoms with Crippen LogP contribution in [0.2, 0.25) is 5.02 Å². The third kappa shape index (κ3) is 3.21. The molecule has 2 aromatic rings. The molecule has 0 amide bonds. The molecule has 0 aromatic heterocycles. The van der Waals surface area contributed by atoms with Crippen molar-refractivity contribution >= 4 is 33.3 Å². The van der Waals surface area contributed by atoms with Crippen LogP contribution in [-0.4, -0.2) is 5.78 Å². The zero-order valence-corrected chi connectivity index (χ0v) is 12.3. The number of ketones is 1. The van der Waals surface area contributed by atoms with Crippen molar-refractivity contribution in [1.82, 2.24) is 0 Å². The van der Waals surface area contributed by atoms with Gasteiger partial charge in [0.05, 0.1) is 0 Å². The zero-order valence-electron chi connectivity index (χ0n) is 9.91. The molecule has 0 spiro atoms. The summed E-state index contributed by atoms with van der Waals surface area (Å²) in [6.45, 7) is 1.98. The molecule has 0 radical (unpaired) electrons. The molecule has 0 heterocycles. The molecule has 0 saturated heterocycles. The molecule has 1 nitrogen and oxygen atoms in total. The molecule has 0 aliphatic carbocycles. The van der Waals surface area contributed by atoms with E-state index in [-0.39, 0.29) is 5.78 Å². The van der Waals surface area contributed by atoms with Gasteiger partial charge in [0.2, 0.25) is 0 Å². The predicted molar refractivity (Wildman–Crippen MR) is 78.4 cm³/mol. The van der Waals surface area contributed by atoms with Crippen molar-refractivity contribution in [2.24, 2.45) is 0 Å². The summed E-state index contributed by atoms with van der Waals surface area (Å²) >= 11 is 9.46. The fraction of sp³-hybridized carbons (Fsp3) is 0.133. The van der Waals surface area contributed by atoms with Crippen LogP contribution in [0.4, 0.5) is 0 Å². The Bertz CT molecular complexity index is 593. The highest BCUT2D eigenvalue weighted by molar-refractivity contribution is 9.10. The maximum absolute atomic E-state index is 12.1.